The Morgan fingerprint density at radius 2 is 2.21 bits per heavy atom. The van der Waals surface area contributed by atoms with E-state index in [0.29, 0.717) is 6.04 Å². The fourth-order valence-electron chi connectivity index (χ4n) is 2.69. The molecule has 104 valence electrons. The molecule has 1 fully saturated rings. The molecule has 0 bridgehead atoms. The number of amides is 1. The number of hydrogen-bond acceptors (Lipinski definition) is 2. The van der Waals surface area contributed by atoms with E-state index in [1.807, 2.05) is 9.58 Å². The summed E-state index contributed by atoms with van der Waals surface area (Å²) in [4.78, 5) is 13.4. The molecule has 1 aromatic heterocycles. The molecule has 0 aliphatic carbocycles. The highest BCUT2D eigenvalue weighted by Crippen LogP contribution is 2.28. The van der Waals surface area contributed by atoms with E-state index in [2.05, 4.69) is 45.6 Å². The third-order valence-corrected chi connectivity index (χ3v) is 3.75. The van der Waals surface area contributed by atoms with Crippen LogP contribution in [0.4, 0.5) is 0 Å². The first-order valence-electron chi connectivity index (χ1n) is 6.80. The van der Waals surface area contributed by atoms with E-state index in [0.717, 1.165) is 25.2 Å². The normalized spacial score (nSPS) is 19.8. The molecule has 1 aromatic rings. The second-order valence-corrected chi connectivity index (χ2v) is 6.29. The zero-order chi connectivity index (χ0) is 14.2. The molecule has 0 aromatic carbocycles. The van der Waals surface area contributed by atoms with Crippen LogP contribution >= 0.6 is 0 Å². The molecule has 4 heteroatoms. The highest BCUT2D eigenvalue weighted by molar-refractivity contribution is 5.87. The van der Waals surface area contributed by atoms with Crippen molar-refractivity contribution >= 4 is 5.91 Å². The second kappa shape index (κ2) is 4.83. The molecule has 1 aliphatic heterocycles. The fraction of sp³-hybridized carbons (Fsp3) is 0.600. The Morgan fingerprint density at radius 1 is 1.53 bits per heavy atom. The van der Waals surface area contributed by atoms with Crippen molar-refractivity contribution in [2.24, 2.45) is 0 Å². The van der Waals surface area contributed by atoms with E-state index in [-0.39, 0.29) is 11.3 Å². The van der Waals surface area contributed by atoms with E-state index in [4.69, 9.17) is 0 Å². The van der Waals surface area contributed by atoms with Gasteiger partial charge in [0.05, 0.1) is 11.7 Å². The maximum absolute atomic E-state index is 11.6. The summed E-state index contributed by atoms with van der Waals surface area (Å²) >= 11 is 0. The first kappa shape index (κ1) is 13.8. The van der Waals surface area contributed by atoms with Crippen LogP contribution in [0.5, 0.6) is 0 Å². The maximum Gasteiger partial charge on any atom is 0.246 e. The molecular formula is C15H23N3O. The van der Waals surface area contributed by atoms with Gasteiger partial charge in [0.1, 0.15) is 0 Å². The van der Waals surface area contributed by atoms with Gasteiger partial charge in [0.15, 0.2) is 0 Å². The summed E-state index contributed by atoms with van der Waals surface area (Å²) in [6.45, 7) is 13.7. The first-order valence-corrected chi connectivity index (χ1v) is 6.80. The summed E-state index contributed by atoms with van der Waals surface area (Å²) in [5, 5.41) is 4.63. The number of aromatic nitrogens is 2. The summed E-state index contributed by atoms with van der Waals surface area (Å²) < 4.78 is 2.03. The Balaban J connectivity index is 2.17. The predicted molar refractivity (Wildman–Crippen MR) is 76.1 cm³/mol. The third kappa shape index (κ3) is 2.72. The van der Waals surface area contributed by atoms with Gasteiger partial charge >= 0.3 is 0 Å². The van der Waals surface area contributed by atoms with E-state index < -0.39 is 0 Å². The molecule has 2 heterocycles. The zero-order valence-corrected chi connectivity index (χ0v) is 12.3. The Bertz CT molecular complexity index is 496. The van der Waals surface area contributed by atoms with Crippen molar-refractivity contribution in [3.63, 3.8) is 0 Å². The number of likely N-dealkylation sites (tertiary alicyclic amines) is 1. The Morgan fingerprint density at radius 3 is 2.74 bits per heavy atom. The highest BCUT2D eigenvalue weighted by atomic mass is 16.2. The van der Waals surface area contributed by atoms with Crippen LogP contribution in [0.3, 0.4) is 0 Å². The Labute approximate surface area is 115 Å². The summed E-state index contributed by atoms with van der Waals surface area (Å²) in [6.07, 6.45) is 4.49. The number of rotatable bonds is 2. The molecule has 19 heavy (non-hydrogen) atoms. The molecule has 0 N–H and O–H groups in total. The molecule has 2 rings (SSSR count). The van der Waals surface area contributed by atoms with Crippen LogP contribution in [0.25, 0.3) is 0 Å². The van der Waals surface area contributed by atoms with E-state index >= 15 is 0 Å². The van der Waals surface area contributed by atoms with Crippen LogP contribution in [0.15, 0.2) is 18.9 Å². The fourth-order valence-corrected chi connectivity index (χ4v) is 2.69. The minimum absolute atomic E-state index is 0.0161. The van der Waals surface area contributed by atoms with Crippen molar-refractivity contribution in [3.05, 3.63) is 30.1 Å². The first-order chi connectivity index (χ1) is 8.82. The average Bonchev–Trinajstić information content (AvgIpc) is 2.92. The molecule has 0 radical (unpaired) electrons. The van der Waals surface area contributed by atoms with Gasteiger partial charge < -0.3 is 4.90 Å². The zero-order valence-electron chi connectivity index (χ0n) is 12.3. The van der Waals surface area contributed by atoms with Gasteiger partial charge in [-0.2, -0.15) is 5.10 Å². The molecule has 1 amide bonds. The SMILES string of the molecule is C=CC(=O)N1CCC(n2cc(C(C)(C)C)c(C)n2)C1. The molecule has 1 unspecified atom stereocenters. The lowest BCUT2D eigenvalue weighted by Crippen LogP contribution is -2.27. The number of carbonyl (C=O) groups is 1. The predicted octanol–water partition coefficient (Wildman–Crippen LogP) is 2.45. The smallest absolute Gasteiger partial charge is 0.246 e. The number of nitrogens with zero attached hydrogens (tertiary/aromatic N) is 3. The minimum atomic E-state index is 0.0161. The molecule has 0 saturated carbocycles. The standard InChI is InChI=1S/C15H23N3O/c1-6-14(19)17-8-7-12(9-17)18-10-13(11(2)16-18)15(3,4)5/h6,10,12H,1,7-9H2,2-5H3. The molecule has 1 atom stereocenters. The highest BCUT2D eigenvalue weighted by Gasteiger charge is 2.28. The lowest BCUT2D eigenvalue weighted by Gasteiger charge is -2.17. The number of hydrogen-bond donors (Lipinski definition) is 0. The lowest BCUT2D eigenvalue weighted by atomic mass is 9.88. The van der Waals surface area contributed by atoms with Crippen molar-refractivity contribution in [1.82, 2.24) is 14.7 Å². The van der Waals surface area contributed by atoms with Crippen LogP contribution in [-0.2, 0) is 10.2 Å². The molecule has 1 aliphatic rings. The van der Waals surface area contributed by atoms with Crippen molar-refractivity contribution in [2.45, 2.75) is 45.6 Å². The maximum atomic E-state index is 11.6. The topological polar surface area (TPSA) is 38.1 Å². The van der Waals surface area contributed by atoms with Crippen LogP contribution in [0.1, 0.15) is 44.5 Å². The van der Waals surface area contributed by atoms with Gasteiger partial charge in [-0.05, 0) is 30.4 Å². The lowest BCUT2D eigenvalue weighted by molar-refractivity contribution is -0.125. The van der Waals surface area contributed by atoms with Gasteiger partial charge in [-0.15, -0.1) is 0 Å². The van der Waals surface area contributed by atoms with Crippen LogP contribution in [-0.4, -0.2) is 33.7 Å². The van der Waals surface area contributed by atoms with Gasteiger partial charge in [-0.1, -0.05) is 27.4 Å². The van der Waals surface area contributed by atoms with E-state index in [1.54, 1.807) is 0 Å². The minimum Gasteiger partial charge on any atom is -0.337 e. The summed E-state index contributed by atoms with van der Waals surface area (Å²) in [5.41, 5.74) is 2.47. The average molecular weight is 261 g/mol. The van der Waals surface area contributed by atoms with Gasteiger partial charge in [0.25, 0.3) is 0 Å². The van der Waals surface area contributed by atoms with Crippen LogP contribution in [0, 0.1) is 6.92 Å². The van der Waals surface area contributed by atoms with Gasteiger partial charge in [-0.25, -0.2) is 0 Å². The molecule has 0 spiro atoms. The van der Waals surface area contributed by atoms with Crippen LogP contribution < -0.4 is 0 Å². The van der Waals surface area contributed by atoms with Crippen molar-refractivity contribution in [2.75, 3.05) is 13.1 Å². The summed E-state index contributed by atoms with van der Waals surface area (Å²) in [5.74, 6) is 0.0161. The molecular weight excluding hydrogens is 238 g/mol. The van der Waals surface area contributed by atoms with E-state index in [9.17, 15) is 4.79 Å². The number of carbonyl (C=O) groups excluding carboxylic acids is 1. The quantitative estimate of drug-likeness (QED) is 0.767. The molecule has 4 nitrogen and oxygen atoms in total. The Hall–Kier alpha value is -1.58. The Kier molecular flexibility index (Phi) is 3.52. The van der Waals surface area contributed by atoms with Crippen LogP contribution in [0.2, 0.25) is 0 Å². The van der Waals surface area contributed by atoms with Crippen molar-refractivity contribution in [1.29, 1.82) is 0 Å². The summed E-state index contributed by atoms with van der Waals surface area (Å²) in [7, 11) is 0. The summed E-state index contributed by atoms with van der Waals surface area (Å²) in [6, 6.07) is 0.290. The van der Waals surface area contributed by atoms with Crippen molar-refractivity contribution in [3.8, 4) is 0 Å². The third-order valence-electron chi connectivity index (χ3n) is 3.75. The van der Waals surface area contributed by atoms with Crippen molar-refractivity contribution < 1.29 is 4.79 Å². The monoisotopic (exact) mass is 261 g/mol. The van der Waals surface area contributed by atoms with Gasteiger partial charge in [-0.3, -0.25) is 9.48 Å². The van der Waals surface area contributed by atoms with Gasteiger partial charge in [0.2, 0.25) is 5.91 Å². The van der Waals surface area contributed by atoms with E-state index in [1.165, 1.54) is 11.6 Å². The second-order valence-electron chi connectivity index (χ2n) is 6.29. The van der Waals surface area contributed by atoms with Gasteiger partial charge in [0, 0.05) is 19.3 Å². The number of aryl methyl sites for hydroxylation is 1. The molecule has 1 saturated heterocycles. The largest absolute Gasteiger partial charge is 0.337 e.